The molecule has 0 radical (unpaired) electrons. The van der Waals surface area contributed by atoms with Gasteiger partial charge in [-0.15, -0.1) is 0 Å². The van der Waals surface area contributed by atoms with Crippen LogP contribution in [0.5, 0.6) is 0 Å². The van der Waals surface area contributed by atoms with E-state index in [0.29, 0.717) is 0 Å². The summed E-state index contributed by atoms with van der Waals surface area (Å²) in [6.45, 7) is 6.66. The van der Waals surface area contributed by atoms with Crippen molar-refractivity contribution in [3.8, 4) is 0 Å². The average molecular weight is 273 g/mol. The third-order valence-electron chi connectivity index (χ3n) is 2.84. The molecule has 4 heteroatoms. The molecule has 1 aromatic heterocycles. The highest BCUT2D eigenvalue weighted by Gasteiger charge is 2.13. The second kappa shape index (κ2) is 5.61. The molecule has 1 heterocycles. The molecule has 0 unspecified atom stereocenters. The van der Waals surface area contributed by atoms with Gasteiger partial charge in [-0.3, -0.25) is 0 Å². The summed E-state index contributed by atoms with van der Waals surface area (Å²) in [5.41, 5.74) is 1.53. The normalized spacial score (nSPS) is 11.4. The summed E-state index contributed by atoms with van der Waals surface area (Å²) in [5, 5.41) is 3.96. The van der Waals surface area contributed by atoms with Crippen molar-refractivity contribution in [3.63, 3.8) is 0 Å². The lowest BCUT2D eigenvalue weighted by Gasteiger charge is -2.18. The third kappa shape index (κ3) is 3.70. The van der Waals surface area contributed by atoms with Crippen LogP contribution >= 0.6 is 11.8 Å². The van der Waals surface area contributed by atoms with Crippen LogP contribution in [0, 0.1) is 0 Å². The lowest BCUT2D eigenvalue weighted by molar-refractivity contribution is 0.590. The Morgan fingerprint density at radius 1 is 1.05 bits per heavy atom. The van der Waals surface area contributed by atoms with Gasteiger partial charge in [0, 0.05) is 18.0 Å². The Hall–Kier alpha value is -1.55. The van der Waals surface area contributed by atoms with Crippen LogP contribution in [0.4, 0.5) is 5.82 Å². The summed E-state index contributed by atoms with van der Waals surface area (Å²) in [6.07, 6.45) is 1.58. The Labute approximate surface area is 118 Å². The number of aromatic nitrogens is 2. The number of anilines is 1. The van der Waals surface area contributed by atoms with E-state index in [0.717, 1.165) is 10.8 Å². The molecule has 0 fully saturated rings. The summed E-state index contributed by atoms with van der Waals surface area (Å²) < 4.78 is 0. The lowest BCUT2D eigenvalue weighted by Crippen LogP contribution is -2.10. The largest absolute Gasteiger partial charge is 0.373 e. The van der Waals surface area contributed by atoms with Gasteiger partial charge in [-0.05, 0) is 23.1 Å². The predicted octanol–water partition coefficient (Wildman–Crippen LogP) is 3.97. The van der Waals surface area contributed by atoms with Gasteiger partial charge in [-0.25, -0.2) is 9.97 Å². The van der Waals surface area contributed by atoms with Crippen LogP contribution in [-0.2, 0) is 5.41 Å². The molecule has 0 amide bonds. The fourth-order valence-electron chi connectivity index (χ4n) is 1.68. The molecular formula is C15H19N3S. The fraction of sp³-hybridized carbons (Fsp3) is 0.333. The van der Waals surface area contributed by atoms with Gasteiger partial charge in [0.15, 0.2) is 0 Å². The van der Waals surface area contributed by atoms with Gasteiger partial charge < -0.3 is 5.32 Å². The van der Waals surface area contributed by atoms with E-state index in [9.17, 15) is 0 Å². The quantitative estimate of drug-likeness (QED) is 0.859. The average Bonchev–Trinajstić information content (AvgIpc) is 2.38. The maximum Gasteiger partial charge on any atom is 0.130 e. The zero-order chi connectivity index (χ0) is 13.9. The standard InChI is InChI=1S/C15H19N3S/c1-15(2,3)11-5-7-12(8-6-11)19-14-9-13(16-4)17-10-18-14/h5-10H,1-4H3,(H,16,17,18). The maximum absolute atomic E-state index is 4.27. The molecule has 3 nitrogen and oxygen atoms in total. The van der Waals surface area contributed by atoms with Gasteiger partial charge in [0.05, 0.1) is 0 Å². The lowest BCUT2D eigenvalue weighted by atomic mass is 9.87. The van der Waals surface area contributed by atoms with Crippen LogP contribution in [0.3, 0.4) is 0 Å². The SMILES string of the molecule is CNc1cc(Sc2ccc(C(C)(C)C)cc2)ncn1. The number of nitrogens with one attached hydrogen (secondary N) is 1. The van der Waals surface area contributed by atoms with Crippen molar-refractivity contribution in [1.82, 2.24) is 9.97 Å². The molecule has 1 aromatic carbocycles. The van der Waals surface area contributed by atoms with Crippen molar-refractivity contribution < 1.29 is 0 Å². The number of nitrogens with zero attached hydrogens (tertiary/aromatic N) is 2. The van der Waals surface area contributed by atoms with Crippen LogP contribution < -0.4 is 5.32 Å². The fourth-order valence-corrected chi connectivity index (χ4v) is 2.46. The van der Waals surface area contributed by atoms with Gasteiger partial charge >= 0.3 is 0 Å². The molecule has 0 aliphatic heterocycles. The van der Waals surface area contributed by atoms with Crippen molar-refractivity contribution in [3.05, 3.63) is 42.2 Å². The molecule has 0 bridgehead atoms. The minimum atomic E-state index is 0.192. The van der Waals surface area contributed by atoms with Gasteiger partial charge in [-0.1, -0.05) is 44.7 Å². The zero-order valence-corrected chi connectivity index (χ0v) is 12.6. The van der Waals surface area contributed by atoms with Crippen molar-refractivity contribution in [2.45, 2.75) is 36.1 Å². The molecule has 100 valence electrons. The molecule has 19 heavy (non-hydrogen) atoms. The third-order valence-corrected chi connectivity index (χ3v) is 3.78. The Morgan fingerprint density at radius 3 is 2.32 bits per heavy atom. The van der Waals surface area contributed by atoms with Crippen LogP contribution in [0.25, 0.3) is 0 Å². The van der Waals surface area contributed by atoms with E-state index in [1.54, 1.807) is 18.1 Å². The molecule has 0 aliphatic carbocycles. The first-order valence-electron chi connectivity index (χ1n) is 6.27. The summed E-state index contributed by atoms with van der Waals surface area (Å²) in [6, 6.07) is 10.6. The Balaban J connectivity index is 2.15. The van der Waals surface area contributed by atoms with Gasteiger partial charge in [0.25, 0.3) is 0 Å². The van der Waals surface area contributed by atoms with Crippen molar-refractivity contribution >= 4 is 17.6 Å². The highest BCUT2D eigenvalue weighted by atomic mass is 32.2. The molecule has 2 rings (SSSR count). The van der Waals surface area contributed by atoms with E-state index in [4.69, 9.17) is 0 Å². The zero-order valence-electron chi connectivity index (χ0n) is 11.8. The first-order chi connectivity index (χ1) is 8.99. The van der Waals surface area contributed by atoms with E-state index in [-0.39, 0.29) is 5.41 Å². The molecule has 1 N–H and O–H groups in total. The highest BCUT2D eigenvalue weighted by molar-refractivity contribution is 7.99. The number of hydrogen-bond acceptors (Lipinski definition) is 4. The number of hydrogen-bond donors (Lipinski definition) is 1. The van der Waals surface area contributed by atoms with Gasteiger partial charge in [0.1, 0.15) is 17.2 Å². The minimum Gasteiger partial charge on any atom is -0.373 e. The monoisotopic (exact) mass is 273 g/mol. The molecule has 0 saturated carbocycles. The van der Waals surface area contributed by atoms with Crippen LogP contribution in [0.2, 0.25) is 0 Å². The van der Waals surface area contributed by atoms with E-state index in [2.05, 4.69) is 60.3 Å². The van der Waals surface area contributed by atoms with Gasteiger partial charge in [-0.2, -0.15) is 0 Å². The molecule has 2 aromatic rings. The second-order valence-corrected chi connectivity index (χ2v) is 6.46. The molecular weight excluding hydrogens is 254 g/mol. The van der Waals surface area contributed by atoms with E-state index < -0.39 is 0 Å². The first kappa shape index (κ1) is 13.9. The van der Waals surface area contributed by atoms with Crippen LogP contribution in [0.1, 0.15) is 26.3 Å². The summed E-state index contributed by atoms with van der Waals surface area (Å²) in [4.78, 5) is 9.56. The minimum absolute atomic E-state index is 0.192. The van der Waals surface area contributed by atoms with E-state index >= 15 is 0 Å². The highest BCUT2D eigenvalue weighted by Crippen LogP contribution is 2.29. The molecule has 0 saturated heterocycles. The van der Waals surface area contributed by atoms with Crippen molar-refractivity contribution in [2.75, 3.05) is 12.4 Å². The summed E-state index contributed by atoms with van der Waals surface area (Å²) in [7, 11) is 1.86. The maximum atomic E-state index is 4.27. The second-order valence-electron chi connectivity index (χ2n) is 5.37. The Kier molecular flexibility index (Phi) is 4.10. The molecule has 0 aliphatic rings. The van der Waals surface area contributed by atoms with Crippen molar-refractivity contribution in [2.24, 2.45) is 0 Å². The van der Waals surface area contributed by atoms with E-state index in [1.807, 2.05) is 13.1 Å². The summed E-state index contributed by atoms with van der Waals surface area (Å²) >= 11 is 1.65. The summed E-state index contributed by atoms with van der Waals surface area (Å²) in [5.74, 6) is 0.837. The number of benzene rings is 1. The van der Waals surface area contributed by atoms with E-state index in [1.165, 1.54) is 10.5 Å². The number of rotatable bonds is 3. The van der Waals surface area contributed by atoms with Gasteiger partial charge in [0.2, 0.25) is 0 Å². The van der Waals surface area contributed by atoms with Crippen LogP contribution in [0.15, 0.2) is 46.6 Å². The Morgan fingerprint density at radius 2 is 1.74 bits per heavy atom. The Bertz CT molecular complexity index is 544. The smallest absolute Gasteiger partial charge is 0.130 e. The first-order valence-corrected chi connectivity index (χ1v) is 7.09. The molecule has 0 atom stereocenters. The van der Waals surface area contributed by atoms with Crippen molar-refractivity contribution in [1.29, 1.82) is 0 Å². The molecule has 0 spiro atoms. The predicted molar refractivity (Wildman–Crippen MR) is 80.8 cm³/mol. The topological polar surface area (TPSA) is 37.8 Å². The van der Waals surface area contributed by atoms with Crippen LogP contribution in [-0.4, -0.2) is 17.0 Å².